The summed E-state index contributed by atoms with van der Waals surface area (Å²) in [7, 11) is -3.58. The van der Waals surface area contributed by atoms with Crippen molar-refractivity contribution < 1.29 is 17.9 Å². The lowest BCUT2D eigenvalue weighted by molar-refractivity contribution is 0.0730. The Morgan fingerprint density at radius 3 is 2.68 bits per heavy atom. The van der Waals surface area contributed by atoms with E-state index in [4.69, 9.17) is 26.1 Å². The van der Waals surface area contributed by atoms with Crippen LogP contribution in [0.3, 0.4) is 0 Å². The van der Waals surface area contributed by atoms with E-state index in [1.54, 1.807) is 18.2 Å². The van der Waals surface area contributed by atoms with Gasteiger partial charge >= 0.3 is 0 Å². The molecule has 1 aliphatic rings. The Labute approximate surface area is 187 Å². The lowest BCUT2D eigenvalue weighted by Gasteiger charge is -2.26. The molecule has 0 N–H and O–H groups in total. The molecule has 1 fully saturated rings. The van der Waals surface area contributed by atoms with Gasteiger partial charge in [-0.2, -0.15) is 4.31 Å². The summed E-state index contributed by atoms with van der Waals surface area (Å²) < 4.78 is 40.8. The van der Waals surface area contributed by atoms with E-state index in [1.807, 2.05) is 24.3 Å². The third kappa shape index (κ3) is 4.72. The third-order valence-corrected chi connectivity index (χ3v) is 7.54. The molecule has 9 heteroatoms. The van der Waals surface area contributed by atoms with Gasteiger partial charge in [-0.3, -0.25) is 0 Å². The second-order valence-electron chi connectivity index (χ2n) is 7.42. The number of imidazole rings is 1. The Balaban J connectivity index is 1.66. The summed E-state index contributed by atoms with van der Waals surface area (Å²) >= 11 is 6.20. The van der Waals surface area contributed by atoms with Gasteiger partial charge in [0.1, 0.15) is 18.2 Å². The van der Waals surface area contributed by atoms with Crippen molar-refractivity contribution in [3.8, 4) is 5.75 Å². The van der Waals surface area contributed by atoms with Crippen LogP contribution < -0.4 is 4.74 Å². The van der Waals surface area contributed by atoms with E-state index in [0.717, 1.165) is 30.7 Å². The fourth-order valence-electron chi connectivity index (χ4n) is 3.64. The van der Waals surface area contributed by atoms with Gasteiger partial charge in [-0.25, -0.2) is 13.4 Å². The van der Waals surface area contributed by atoms with Gasteiger partial charge in [-0.15, -0.1) is 0 Å². The number of fused-ring (bicyclic) bond motifs is 1. The molecular weight excluding hydrogens is 438 g/mol. The molecule has 0 radical (unpaired) electrons. The molecule has 1 aliphatic heterocycles. The number of sulfonamides is 1. The number of aryl methyl sites for hydroxylation is 1. The number of aromatic nitrogens is 2. The highest BCUT2D eigenvalue weighted by Gasteiger charge is 2.27. The molecule has 1 saturated heterocycles. The maximum Gasteiger partial charge on any atom is 0.243 e. The zero-order valence-electron chi connectivity index (χ0n) is 17.5. The molecular formula is C22H26ClN3O4S. The summed E-state index contributed by atoms with van der Waals surface area (Å²) in [6.07, 6.45) is 2.02. The fraction of sp³-hybridized carbons (Fsp3) is 0.409. The zero-order chi connectivity index (χ0) is 21.8. The van der Waals surface area contributed by atoms with Gasteiger partial charge in [-0.1, -0.05) is 37.1 Å². The number of hydrogen-bond donors (Lipinski definition) is 0. The van der Waals surface area contributed by atoms with Crippen LogP contribution >= 0.6 is 11.6 Å². The van der Waals surface area contributed by atoms with E-state index >= 15 is 0 Å². The van der Waals surface area contributed by atoms with Gasteiger partial charge in [0.05, 0.1) is 34.2 Å². The molecule has 0 unspecified atom stereocenters. The molecule has 2 aromatic carbocycles. The summed E-state index contributed by atoms with van der Waals surface area (Å²) in [6, 6.07) is 12.5. The Morgan fingerprint density at radius 1 is 1.16 bits per heavy atom. The van der Waals surface area contributed by atoms with Gasteiger partial charge in [-0.05, 0) is 36.8 Å². The minimum atomic E-state index is -3.58. The molecule has 0 aliphatic carbocycles. The van der Waals surface area contributed by atoms with E-state index in [0.29, 0.717) is 42.6 Å². The minimum absolute atomic E-state index is 0.244. The molecule has 4 rings (SSSR count). The second-order valence-corrected chi connectivity index (χ2v) is 9.76. The normalized spacial score (nSPS) is 15.4. The highest BCUT2D eigenvalue weighted by atomic mass is 35.5. The molecule has 0 saturated carbocycles. The van der Waals surface area contributed by atoms with Crippen LogP contribution in [-0.2, 0) is 27.9 Å². The fourth-order valence-corrected chi connectivity index (χ4v) is 5.25. The number of ether oxygens (including phenoxy) is 2. The predicted molar refractivity (Wildman–Crippen MR) is 120 cm³/mol. The van der Waals surface area contributed by atoms with Gasteiger partial charge in [0.2, 0.25) is 10.0 Å². The minimum Gasteiger partial charge on any atom is -0.484 e. The van der Waals surface area contributed by atoms with E-state index in [9.17, 15) is 8.42 Å². The van der Waals surface area contributed by atoms with Gasteiger partial charge in [0.25, 0.3) is 0 Å². The van der Waals surface area contributed by atoms with Crippen LogP contribution in [0, 0.1) is 0 Å². The van der Waals surface area contributed by atoms with Crippen molar-refractivity contribution in [2.45, 2.75) is 37.8 Å². The van der Waals surface area contributed by atoms with Crippen molar-refractivity contribution in [3.05, 3.63) is 53.3 Å². The third-order valence-electron chi connectivity index (χ3n) is 5.34. The first-order chi connectivity index (χ1) is 15.0. The molecule has 31 heavy (non-hydrogen) atoms. The maximum absolute atomic E-state index is 13.0. The molecule has 2 heterocycles. The Hall–Kier alpha value is -2.13. The molecule has 3 aromatic rings. The zero-order valence-corrected chi connectivity index (χ0v) is 19.0. The van der Waals surface area contributed by atoms with Crippen LogP contribution in [0.5, 0.6) is 5.75 Å². The molecule has 1 aromatic heterocycles. The smallest absolute Gasteiger partial charge is 0.243 e. The van der Waals surface area contributed by atoms with Crippen LogP contribution in [0.4, 0.5) is 0 Å². The van der Waals surface area contributed by atoms with Crippen molar-refractivity contribution in [1.82, 2.24) is 13.9 Å². The SMILES string of the molecule is CCCCn1c(COc2ccccc2Cl)nc2cc(S(=O)(=O)N3CCOCC3)ccc21. The first kappa shape index (κ1) is 22.1. The van der Waals surface area contributed by atoms with Gasteiger partial charge < -0.3 is 14.0 Å². The van der Waals surface area contributed by atoms with Crippen molar-refractivity contribution >= 4 is 32.7 Å². The van der Waals surface area contributed by atoms with Crippen LogP contribution in [0.2, 0.25) is 5.02 Å². The van der Waals surface area contributed by atoms with Crippen LogP contribution in [-0.4, -0.2) is 48.6 Å². The van der Waals surface area contributed by atoms with Crippen molar-refractivity contribution in [3.63, 3.8) is 0 Å². The Kier molecular flexibility index (Phi) is 6.81. The molecule has 166 valence electrons. The first-order valence-corrected chi connectivity index (χ1v) is 12.3. The highest BCUT2D eigenvalue weighted by Crippen LogP contribution is 2.27. The van der Waals surface area contributed by atoms with Crippen molar-refractivity contribution in [2.75, 3.05) is 26.3 Å². The van der Waals surface area contributed by atoms with E-state index < -0.39 is 10.0 Å². The molecule has 0 amide bonds. The topological polar surface area (TPSA) is 73.7 Å². The quantitative estimate of drug-likeness (QED) is 0.503. The number of nitrogens with zero attached hydrogens (tertiary/aromatic N) is 3. The largest absolute Gasteiger partial charge is 0.484 e. The van der Waals surface area contributed by atoms with Crippen molar-refractivity contribution in [2.24, 2.45) is 0 Å². The first-order valence-electron chi connectivity index (χ1n) is 10.4. The number of morpholine rings is 1. The van der Waals surface area contributed by atoms with E-state index in [1.165, 1.54) is 4.31 Å². The number of benzene rings is 2. The number of para-hydroxylation sites is 1. The molecule has 0 spiro atoms. The monoisotopic (exact) mass is 463 g/mol. The van der Waals surface area contributed by atoms with E-state index in [-0.39, 0.29) is 11.5 Å². The van der Waals surface area contributed by atoms with Crippen molar-refractivity contribution in [1.29, 1.82) is 0 Å². The summed E-state index contributed by atoms with van der Waals surface area (Å²) in [4.78, 5) is 4.97. The van der Waals surface area contributed by atoms with E-state index in [2.05, 4.69) is 11.5 Å². The summed E-state index contributed by atoms with van der Waals surface area (Å²) in [5.41, 5.74) is 1.54. The van der Waals surface area contributed by atoms with Crippen LogP contribution in [0.1, 0.15) is 25.6 Å². The lowest BCUT2D eigenvalue weighted by atomic mass is 10.3. The molecule has 0 atom stereocenters. The van der Waals surface area contributed by atoms with Crippen LogP contribution in [0.15, 0.2) is 47.4 Å². The predicted octanol–water partition coefficient (Wildman–Crippen LogP) is 4.09. The standard InChI is InChI=1S/C22H26ClN3O4S/c1-2-3-10-26-20-9-8-17(31(27,28)25-11-13-29-14-12-25)15-19(20)24-22(26)16-30-21-7-5-4-6-18(21)23/h4-9,15H,2-3,10-14,16H2,1H3. The average Bonchev–Trinajstić information content (AvgIpc) is 3.14. The second kappa shape index (κ2) is 9.56. The highest BCUT2D eigenvalue weighted by molar-refractivity contribution is 7.89. The Bertz CT molecular complexity index is 1160. The Morgan fingerprint density at radius 2 is 1.94 bits per heavy atom. The van der Waals surface area contributed by atoms with Crippen LogP contribution in [0.25, 0.3) is 11.0 Å². The number of hydrogen-bond acceptors (Lipinski definition) is 5. The average molecular weight is 464 g/mol. The molecule has 7 nitrogen and oxygen atoms in total. The summed E-state index contributed by atoms with van der Waals surface area (Å²) in [6.45, 7) is 4.71. The number of unbranched alkanes of at least 4 members (excludes halogenated alkanes) is 1. The lowest BCUT2D eigenvalue weighted by Crippen LogP contribution is -2.40. The summed E-state index contributed by atoms with van der Waals surface area (Å²) in [5, 5.41) is 0.539. The van der Waals surface area contributed by atoms with Gasteiger partial charge in [0, 0.05) is 19.6 Å². The summed E-state index contributed by atoms with van der Waals surface area (Å²) in [5.74, 6) is 1.33. The molecule has 0 bridgehead atoms. The maximum atomic E-state index is 13.0. The number of halogens is 1. The number of rotatable bonds is 8. The van der Waals surface area contributed by atoms with Gasteiger partial charge in [0.15, 0.2) is 0 Å².